The van der Waals surface area contributed by atoms with Crippen molar-refractivity contribution in [2.75, 3.05) is 0 Å². The van der Waals surface area contributed by atoms with E-state index in [1.54, 1.807) is 0 Å². The number of carbonyl (C=O) groups is 1. The van der Waals surface area contributed by atoms with Crippen LogP contribution >= 0.6 is 0 Å². The van der Waals surface area contributed by atoms with E-state index in [2.05, 4.69) is 19.2 Å². The van der Waals surface area contributed by atoms with Gasteiger partial charge in [0.15, 0.2) is 0 Å². The van der Waals surface area contributed by atoms with Crippen molar-refractivity contribution in [1.82, 2.24) is 5.32 Å². The maximum Gasteiger partial charge on any atom is 0.226 e. The first-order valence-electron chi connectivity index (χ1n) is 9.31. The molecule has 2 N–H and O–H groups in total. The van der Waals surface area contributed by atoms with Gasteiger partial charge in [0.2, 0.25) is 5.91 Å². The monoisotopic (exact) mass is 305 g/mol. The Balaban J connectivity index is 1.55. The van der Waals surface area contributed by atoms with Gasteiger partial charge in [0.25, 0.3) is 0 Å². The van der Waals surface area contributed by atoms with Crippen molar-refractivity contribution >= 4 is 5.91 Å². The number of aliphatic hydroxyl groups is 1. The first-order valence-corrected chi connectivity index (χ1v) is 9.31. The molecule has 0 spiro atoms. The van der Waals surface area contributed by atoms with Crippen molar-refractivity contribution < 1.29 is 9.90 Å². The molecule has 0 aliphatic heterocycles. The lowest BCUT2D eigenvalue weighted by molar-refractivity contribution is -0.171. The minimum atomic E-state index is -0.335. The van der Waals surface area contributed by atoms with Crippen molar-refractivity contribution in [3.8, 4) is 0 Å². The third-order valence-corrected chi connectivity index (χ3v) is 7.15. The van der Waals surface area contributed by atoms with Crippen molar-refractivity contribution in [3.63, 3.8) is 0 Å². The fraction of sp³-hybridized carbons (Fsp3) is 0.947. The van der Waals surface area contributed by atoms with Gasteiger partial charge in [-0.15, -0.1) is 0 Å². The van der Waals surface area contributed by atoms with Crippen molar-refractivity contribution in [2.24, 2.45) is 22.2 Å². The average molecular weight is 305 g/mol. The highest BCUT2D eigenvalue weighted by Gasteiger charge is 2.62. The minimum absolute atomic E-state index is 0.00475. The van der Waals surface area contributed by atoms with E-state index in [0.717, 1.165) is 50.9 Å². The first-order chi connectivity index (χ1) is 10.3. The largest absolute Gasteiger partial charge is 0.391 e. The van der Waals surface area contributed by atoms with Crippen LogP contribution in [0.1, 0.15) is 78.1 Å². The Hall–Kier alpha value is -0.570. The first kappa shape index (κ1) is 15.0. The Kier molecular flexibility index (Phi) is 3.21. The Labute approximate surface area is 134 Å². The van der Waals surface area contributed by atoms with Crippen LogP contribution in [0.3, 0.4) is 0 Å². The highest BCUT2D eigenvalue weighted by Crippen LogP contribution is 2.69. The molecule has 0 unspecified atom stereocenters. The molecule has 5 saturated carbocycles. The van der Waals surface area contributed by atoms with Crippen molar-refractivity contribution in [3.05, 3.63) is 0 Å². The predicted molar refractivity (Wildman–Crippen MR) is 86.2 cm³/mol. The van der Waals surface area contributed by atoms with Gasteiger partial charge in [0, 0.05) is 0 Å². The molecular formula is C19H31NO2. The molecule has 0 heterocycles. The summed E-state index contributed by atoms with van der Waals surface area (Å²) in [5, 5.41) is 13.5. The summed E-state index contributed by atoms with van der Waals surface area (Å²) in [6, 6.07) is -0.00475. The molecule has 3 heteroatoms. The molecule has 5 aliphatic rings. The topological polar surface area (TPSA) is 49.3 Å². The standard InChI is InChI=1S/C19H31NO2/c1-17-7-13-8-18(2,10-17)12-19(9-13,11-17)16(22)20-14-5-3-4-6-15(14)21/h13-15,21H,3-12H2,1-2H3,(H,20,22)/t13?,14-,15-,17-,18-,19?/m0/s1. The number of nitrogens with one attached hydrogen (secondary N) is 1. The van der Waals surface area contributed by atoms with Gasteiger partial charge >= 0.3 is 0 Å². The van der Waals surface area contributed by atoms with Crippen LogP contribution in [0.4, 0.5) is 0 Å². The van der Waals surface area contributed by atoms with Gasteiger partial charge in [-0.25, -0.2) is 0 Å². The number of amides is 1. The Morgan fingerprint density at radius 3 is 2.23 bits per heavy atom. The number of hydrogen-bond donors (Lipinski definition) is 2. The zero-order valence-electron chi connectivity index (χ0n) is 14.2. The lowest BCUT2D eigenvalue weighted by atomic mass is 9.40. The van der Waals surface area contributed by atoms with Crippen LogP contribution < -0.4 is 5.32 Å². The van der Waals surface area contributed by atoms with E-state index in [1.807, 2.05) is 0 Å². The molecule has 0 radical (unpaired) electrons. The molecule has 5 rings (SSSR count). The minimum Gasteiger partial charge on any atom is -0.391 e. The average Bonchev–Trinajstić information content (AvgIpc) is 2.37. The molecule has 0 aromatic rings. The van der Waals surface area contributed by atoms with Crippen LogP contribution in [0.15, 0.2) is 0 Å². The van der Waals surface area contributed by atoms with E-state index >= 15 is 0 Å². The Morgan fingerprint density at radius 2 is 1.64 bits per heavy atom. The highest BCUT2D eigenvalue weighted by molar-refractivity contribution is 5.83. The van der Waals surface area contributed by atoms with Crippen LogP contribution in [-0.2, 0) is 4.79 Å². The second-order valence-corrected chi connectivity index (χ2v) is 9.84. The van der Waals surface area contributed by atoms with E-state index < -0.39 is 0 Å². The lowest BCUT2D eigenvalue weighted by Gasteiger charge is -2.64. The molecule has 4 bridgehead atoms. The van der Waals surface area contributed by atoms with Gasteiger partial charge in [0.05, 0.1) is 17.6 Å². The molecule has 0 saturated heterocycles. The maximum absolute atomic E-state index is 13.2. The number of hydrogen-bond acceptors (Lipinski definition) is 2. The highest BCUT2D eigenvalue weighted by atomic mass is 16.3. The molecule has 124 valence electrons. The van der Waals surface area contributed by atoms with Gasteiger partial charge in [-0.1, -0.05) is 26.7 Å². The molecule has 1 amide bonds. The predicted octanol–water partition coefficient (Wildman–Crippen LogP) is 3.40. The quantitative estimate of drug-likeness (QED) is 0.821. The zero-order valence-corrected chi connectivity index (χ0v) is 14.2. The summed E-state index contributed by atoms with van der Waals surface area (Å²) in [5.74, 6) is 1.01. The van der Waals surface area contributed by atoms with Gasteiger partial charge in [-0.2, -0.15) is 0 Å². The van der Waals surface area contributed by atoms with Gasteiger partial charge in [0.1, 0.15) is 0 Å². The molecular weight excluding hydrogens is 274 g/mol. The zero-order chi connectivity index (χ0) is 15.6. The summed E-state index contributed by atoms with van der Waals surface area (Å²) in [6.07, 6.45) is 10.9. The summed E-state index contributed by atoms with van der Waals surface area (Å²) in [7, 11) is 0. The fourth-order valence-corrected chi connectivity index (χ4v) is 7.30. The third kappa shape index (κ3) is 2.31. The van der Waals surface area contributed by atoms with E-state index in [9.17, 15) is 9.90 Å². The maximum atomic E-state index is 13.2. The third-order valence-electron chi connectivity index (χ3n) is 7.15. The second-order valence-electron chi connectivity index (χ2n) is 9.84. The summed E-state index contributed by atoms with van der Waals surface area (Å²) in [6.45, 7) is 4.82. The van der Waals surface area contributed by atoms with E-state index in [4.69, 9.17) is 0 Å². The fourth-order valence-electron chi connectivity index (χ4n) is 7.30. The smallest absolute Gasteiger partial charge is 0.226 e. The van der Waals surface area contributed by atoms with Gasteiger partial charge in [-0.3, -0.25) is 4.79 Å². The van der Waals surface area contributed by atoms with Crippen LogP contribution in [0, 0.1) is 22.2 Å². The van der Waals surface area contributed by atoms with Crippen LogP contribution in [-0.4, -0.2) is 23.2 Å². The number of rotatable bonds is 2. The van der Waals surface area contributed by atoms with E-state index in [0.29, 0.717) is 10.8 Å². The molecule has 0 aromatic carbocycles. The van der Waals surface area contributed by atoms with Gasteiger partial charge < -0.3 is 10.4 Å². The summed E-state index contributed by atoms with van der Waals surface area (Å²) in [4.78, 5) is 13.2. The summed E-state index contributed by atoms with van der Waals surface area (Å²) < 4.78 is 0. The van der Waals surface area contributed by atoms with Gasteiger partial charge in [-0.05, 0) is 68.1 Å². The second kappa shape index (κ2) is 4.72. The lowest BCUT2D eigenvalue weighted by Crippen LogP contribution is -2.61. The molecule has 5 aliphatic carbocycles. The van der Waals surface area contributed by atoms with Crippen LogP contribution in [0.5, 0.6) is 0 Å². The SMILES string of the molecule is C[C@@]12CC3CC(C(=O)N[C@H]4CCCC[C@@H]4O)(C1)C[C@@](C)(C3)C2. The van der Waals surface area contributed by atoms with Crippen molar-refractivity contribution in [1.29, 1.82) is 0 Å². The summed E-state index contributed by atoms with van der Waals surface area (Å²) >= 11 is 0. The Morgan fingerprint density at radius 1 is 1.00 bits per heavy atom. The normalized spacial score (nSPS) is 53.5. The number of aliphatic hydroxyl groups excluding tert-OH is 1. The molecule has 5 fully saturated rings. The van der Waals surface area contributed by atoms with Crippen LogP contribution in [0.25, 0.3) is 0 Å². The van der Waals surface area contributed by atoms with E-state index in [1.165, 1.54) is 19.3 Å². The van der Waals surface area contributed by atoms with E-state index in [-0.39, 0.29) is 23.5 Å². The molecule has 3 nitrogen and oxygen atoms in total. The molecule has 22 heavy (non-hydrogen) atoms. The Bertz CT molecular complexity index is 470. The van der Waals surface area contributed by atoms with Crippen LogP contribution in [0.2, 0.25) is 0 Å². The molecule has 0 aromatic heterocycles. The summed E-state index contributed by atoms with van der Waals surface area (Å²) in [5.41, 5.74) is 0.605. The molecule has 4 atom stereocenters. The number of carbonyl (C=O) groups excluding carboxylic acids is 1. The van der Waals surface area contributed by atoms with Crippen molar-refractivity contribution in [2.45, 2.75) is 90.2 Å².